The molecule has 0 heterocycles. The van der Waals surface area contributed by atoms with Gasteiger partial charge < -0.3 is 53.8 Å². The Labute approximate surface area is 512 Å². The van der Waals surface area contributed by atoms with Crippen LogP contribution in [0.15, 0.2) is 36.5 Å². The largest absolute Gasteiger partial charge is 0.464 e. The van der Waals surface area contributed by atoms with Crippen LogP contribution in [0.25, 0.3) is 0 Å². The van der Waals surface area contributed by atoms with E-state index in [1.807, 2.05) is 101 Å². The monoisotopic (exact) mass is 1220 g/mol. The number of carbonyl (C=O) groups excluding carboxylic acids is 10. The Kier molecular flexibility index (Phi) is 58.6. The van der Waals surface area contributed by atoms with E-state index in [-0.39, 0.29) is 149 Å². The lowest BCUT2D eigenvalue weighted by Gasteiger charge is -2.21. The van der Waals surface area contributed by atoms with Crippen LogP contribution >= 0.6 is 0 Å². The molecule has 0 saturated heterocycles. The van der Waals surface area contributed by atoms with Crippen molar-refractivity contribution in [1.82, 2.24) is 16.0 Å². The molecule has 86 heavy (non-hydrogen) atoms. The molecule has 3 amide bonds. The van der Waals surface area contributed by atoms with E-state index in [9.17, 15) is 47.9 Å². The van der Waals surface area contributed by atoms with Gasteiger partial charge in [0.15, 0.2) is 0 Å². The molecule has 0 spiro atoms. The van der Waals surface area contributed by atoms with Crippen LogP contribution in [0, 0.1) is 68.5 Å². The standard InChI is InChI=1S/C14H23NO6.C12H22N2O2.C11H18O4.C9H15NO2.2C8H13NO2/c1-5-11(4)13(17)20-8-9-21-14(18)15-6-7-19-12(16)10(2)3;1-6-12(4,5)11(16)14-8-7-13-10(15)9(2)3;1-5-9(4)11(13)15-7-6-14-10(12)8(2)3;1-4-9(2,3)8(11)12-7-5-6-10;2*1-3-7(2)8(10)11-6-4-5-9/h11H,2,5-9H2,1,3-4H3,(H,15,18);2,6-8H2,1,3-5H3,(H,13,15)(H,14,16);9H,2,5-7H2,1,3-4H3;4-5,7H2,1-3H3;2*7H,3-4,6H2,1-2H3. The first-order valence-electron chi connectivity index (χ1n) is 28.9. The second-order valence-electron chi connectivity index (χ2n) is 20.4. The number of rotatable bonds is 33. The topological polar surface area (TPSA) is 352 Å². The van der Waals surface area contributed by atoms with Crippen molar-refractivity contribution in [3.8, 4) is 18.2 Å². The number of nitrogens with zero attached hydrogens (tertiary/aromatic N) is 3. The van der Waals surface area contributed by atoms with Crippen molar-refractivity contribution in [2.75, 3.05) is 72.5 Å². The highest BCUT2D eigenvalue weighted by Gasteiger charge is 2.27. The van der Waals surface area contributed by atoms with Crippen LogP contribution in [-0.2, 0) is 81.0 Å². The first kappa shape index (κ1) is 89.4. The number of alkyl carbamates (subject to hydrolysis) is 1. The molecule has 0 aromatic rings. The molecule has 0 fully saturated rings. The van der Waals surface area contributed by atoms with Gasteiger partial charge in [0.1, 0.15) is 52.9 Å². The van der Waals surface area contributed by atoms with Crippen LogP contribution in [0.2, 0.25) is 0 Å². The Balaban J connectivity index is -0.000000227. The van der Waals surface area contributed by atoms with E-state index >= 15 is 0 Å². The van der Waals surface area contributed by atoms with E-state index in [0.29, 0.717) is 36.2 Å². The normalized spacial score (nSPS) is 11.2. The van der Waals surface area contributed by atoms with Crippen molar-refractivity contribution in [2.45, 2.75) is 175 Å². The van der Waals surface area contributed by atoms with Gasteiger partial charge in [-0.1, -0.05) is 103 Å². The van der Waals surface area contributed by atoms with E-state index in [1.165, 1.54) is 6.92 Å². The van der Waals surface area contributed by atoms with Crippen molar-refractivity contribution in [3.63, 3.8) is 0 Å². The van der Waals surface area contributed by atoms with Gasteiger partial charge in [0.25, 0.3) is 0 Å². The molecule has 0 saturated carbocycles. The van der Waals surface area contributed by atoms with E-state index in [0.717, 1.165) is 32.1 Å². The van der Waals surface area contributed by atoms with Crippen molar-refractivity contribution in [2.24, 2.45) is 34.5 Å². The third kappa shape index (κ3) is 54.1. The molecule has 4 atom stereocenters. The third-order valence-electron chi connectivity index (χ3n) is 11.9. The molecule has 0 rings (SSSR count). The summed E-state index contributed by atoms with van der Waals surface area (Å²) in [6.45, 7) is 43.2. The molecule has 490 valence electrons. The molecular weight excluding hydrogens is 1120 g/mol. The highest BCUT2D eigenvalue weighted by atomic mass is 16.6. The minimum atomic E-state index is -0.666. The van der Waals surface area contributed by atoms with Crippen LogP contribution in [0.5, 0.6) is 0 Å². The summed E-state index contributed by atoms with van der Waals surface area (Å²) in [6, 6.07) is 5.72. The van der Waals surface area contributed by atoms with Gasteiger partial charge in [-0.3, -0.25) is 33.6 Å². The number of hydrogen-bond acceptors (Lipinski definition) is 21. The Morgan fingerprint density at radius 2 is 0.721 bits per heavy atom. The Morgan fingerprint density at radius 3 is 1.05 bits per heavy atom. The first-order valence-corrected chi connectivity index (χ1v) is 28.9. The van der Waals surface area contributed by atoms with Gasteiger partial charge in [-0.2, -0.15) is 15.8 Å². The maximum Gasteiger partial charge on any atom is 0.407 e. The summed E-state index contributed by atoms with van der Waals surface area (Å²) in [4.78, 5) is 111. The zero-order valence-electron chi connectivity index (χ0n) is 54.8. The molecule has 0 bridgehead atoms. The van der Waals surface area contributed by atoms with Crippen LogP contribution in [0.1, 0.15) is 175 Å². The minimum Gasteiger partial charge on any atom is -0.464 e. The van der Waals surface area contributed by atoms with Crippen LogP contribution in [0.3, 0.4) is 0 Å². The Bertz CT molecular complexity index is 2150. The van der Waals surface area contributed by atoms with Gasteiger partial charge >= 0.3 is 47.9 Å². The average molecular weight is 1220 g/mol. The summed E-state index contributed by atoms with van der Waals surface area (Å²) in [7, 11) is 0. The van der Waals surface area contributed by atoms with Gasteiger partial charge in [-0.15, -0.1) is 0 Å². The molecule has 0 aliphatic carbocycles. The quantitative estimate of drug-likeness (QED) is 0.0238. The second kappa shape index (κ2) is 56.3. The number of ether oxygens (including phenoxy) is 8. The highest BCUT2D eigenvalue weighted by molar-refractivity contribution is 5.92. The molecule has 24 heteroatoms. The second-order valence-corrected chi connectivity index (χ2v) is 20.4. The number of nitrogens with one attached hydrogen (secondary N) is 3. The van der Waals surface area contributed by atoms with Gasteiger partial charge in [-0.05, 0) is 73.1 Å². The van der Waals surface area contributed by atoms with Crippen molar-refractivity contribution < 1.29 is 85.8 Å². The fraction of sp³-hybridized carbons (Fsp3) is 0.694. The van der Waals surface area contributed by atoms with Gasteiger partial charge in [0.2, 0.25) is 11.8 Å². The van der Waals surface area contributed by atoms with E-state index in [1.54, 1.807) is 27.7 Å². The van der Waals surface area contributed by atoms with E-state index < -0.39 is 23.4 Å². The fourth-order valence-corrected chi connectivity index (χ4v) is 4.21. The van der Waals surface area contributed by atoms with Gasteiger partial charge in [0.05, 0.1) is 73.1 Å². The molecule has 0 aromatic carbocycles. The molecule has 0 radical (unpaired) electrons. The van der Waals surface area contributed by atoms with Gasteiger partial charge in [0, 0.05) is 35.2 Å². The maximum absolute atomic E-state index is 11.6. The number of esters is 7. The maximum atomic E-state index is 11.6. The summed E-state index contributed by atoms with van der Waals surface area (Å²) in [6.07, 6.45) is 4.70. The number of hydrogen-bond donors (Lipinski definition) is 3. The first-order chi connectivity index (χ1) is 40.2. The predicted octanol–water partition coefficient (Wildman–Crippen LogP) is 9.21. The van der Waals surface area contributed by atoms with Crippen molar-refractivity contribution in [1.29, 1.82) is 15.8 Å². The summed E-state index contributed by atoms with van der Waals surface area (Å²) in [5, 5.41) is 32.3. The third-order valence-corrected chi connectivity index (χ3v) is 11.9. The predicted molar refractivity (Wildman–Crippen MR) is 323 cm³/mol. The fourth-order valence-electron chi connectivity index (χ4n) is 4.21. The SMILES string of the molecule is C=C(C)C(=O)NCCNC(=O)C(C)(C)CC.C=C(C)C(=O)OCCNC(=O)OCCOC(=O)C(C)CC.C=C(C)C(=O)OCCOC(=O)C(C)CC.CCC(C)(C)C(=O)OCCC#N.CCC(C)C(=O)OCCC#N.CCC(C)C(=O)OCCC#N. The van der Waals surface area contributed by atoms with E-state index in [2.05, 4.69) is 35.7 Å². The van der Waals surface area contributed by atoms with Gasteiger partial charge in [-0.25, -0.2) is 14.4 Å². The molecule has 3 N–H and O–H groups in total. The average Bonchev–Trinajstić information content (AvgIpc) is 3.70. The zero-order valence-corrected chi connectivity index (χ0v) is 54.8. The minimum absolute atomic E-state index is 0.0135. The molecule has 0 aliphatic heterocycles. The molecular formula is C62H104N6O18. The smallest absolute Gasteiger partial charge is 0.407 e. The lowest BCUT2D eigenvalue weighted by molar-refractivity contribution is -0.154. The molecule has 24 nitrogen and oxygen atoms in total. The molecule has 4 unspecified atom stereocenters. The molecule has 0 aliphatic rings. The van der Waals surface area contributed by atoms with E-state index in [4.69, 9.17) is 53.7 Å². The Morgan fingerprint density at radius 1 is 0.407 bits per heavy atom. The number of amides is 3. The van der Waals surface area contributed by atoms with Crippen LogP contribution in [0.4, 0.5) is 4.79 Å². The zero-order chi connectivity index (χ0) is 67.9. The summed E-state index contributed by atoms with van der Waals surface area (Å²) < 4.78 is 38.5. The Hall–Kier alpha value is -7.81. The summed E-state index contributed by atoms with van der Waals surface area (Å²) in [5.74, 6) is -2.71. The number of carbonyl (C=O) groups is 10. The molecule has 0 aromatic heterocycles. The van der Waals surface area contributed by atoms with Crippen LogP contribution in [-0.4, -0.2) is 132 Å². The number of nitriles is 3. The lowest BCUT2D eigenvalue weighted by atomic mass is 9.89. The lowest BCUT2D eigenvalue weighted by Crippen LogP contribution is -2.40. The summed E-state index contributed by atoms with van der Waals surface area (Å²) in [5.41, 5.74) is 0.331. The summed E-state index contributed by atoms with van der Waals surface area (Å²) >= 11 is 0. The van der Waals surface area contributed by atoms with Crippen molar-refractivity contribution in [3.05, 3.63) is 36.5 Å². The highest BCUT2D eigenvalue weighted by Crippen LogP contribution is 2.21. The van der Waals surface area contributed by atoms with Crippen molar-refractivity contribution >= 4 is 59.7 Å². The van der Waals surface area contributed by atoms with Crippen LogP contribution < -0.4 is 16.0 Å².